The van der Waals surface area contributed by atoms with Crippen molar-refractivity contribution in [2.45, 2.75) is 13.0 Å². The van der Waals surface area contributed by atoms with Crippen LogP contribution < -0.4 is 11.1 Å². The number of rotatable bonds is 3. The Kier molecular flexibility index (Phi) is 3.44. The van der Waals surface area contributed by atoms with Crippen LogP contribution in [0.4, 0.5) is 11.4 Å². The number of hydrogen-bond donors (Lipinski definition) is 2. The summed E-state index contributed by atoms with van der Waals surface area (Å²) in [5.41, 5.74) is 8.77. The molecule has 0 saturated heterocycles. The maximum atomic E-state index is 8.78. The Morgan fingerprint density at radius 1 is 1.33 bits per heavy atom. The summed E-state index contributed by atoms with van der Waals surface area (Å²) in [5.74, 6) is 0. The zero-order valence-electron chi connectivity index (χ0n) is 10.1. The Balaban J connectivity index is 2.18. The summed E-state index contributed by atoms with van der Waals surface area (Å²) >= 11 is 0. The highest BCUT2D eigenvalue weighted by atomic mass is 15.0. The van der Waals surface area contributed by atoms with Crippen molar-refractivity contribution in [1.82, 2.24) is 4.98 Å². The summed E-state index contributed by atoms with van der Waals surface area (Å²) in [5, 5.41) is 12.1. The van der Waals surface area contributed by atoms with Gasteiger partial charge in [0.1, 0.15) is 0 Å². The van der Waals surface area contributed by atoms with Crippen molar-refractivity contribution in [1.29, 1.82) is 5.26 Å². The number of pyridine rings is 1. The van der Waals surface area contributed by atoms with Crippen molar-refractivity contribution in [2.24, 2.45) is 0 Å². The fourth-order valence-corrected chi connectivity index (χ4v) is 1.70. The summed E-state index contributed by atoms with van der Waals surface area (Å²) in [6.07, 6.45) is 1.76. The molecule has 2 aromatic rings. The lowest BCUT2D eigenvalue weighted by molar-refractivity contribution is 0.840. The van der Waals surface area contributed by atoms with E-state index in [9.17, 15) is 0 Å². The molecule has 0 aliphatic carbocycles. The third kappa shape index (κ3) is 2.58. The van der Waals surface area contributed by atoms with E-state index in [2.05, 4.69) is 16.4 Å². The van der Waals surface area contributed by atoms with Crippen LogP contribution in [0.15, 0.2) is 42.6 Å². The van der Waals surface area contributed by atoms with Gasteiger partial charge in [0.05, 0.1) is 34.7 Å². The zero-order chi connectivity index (χ0) is 13.0. The average molecular weight is 238 g/mol. The van der Waals surface area contributed by atoms with Crippen molar-refractivity contribution < 1.29 is 0 Å². The van der Waals surface area contributed by atoms with Crippen molar-refractivity contribution >= 4 is 11.4 Å². The average Bonchev–Trinajstić information content (AvgIpc) is 2.42. The van der Waals surface area contributed by atoms with E-state index in [0.717, 1.165) is 11.4 Å². The predicted molar refractivity (Wildman–Crippen MR) is 71.8 cm³/mol. The van der Waals surface area contributed by atoms with Gasteiger partial charge in [-0.3, -0.25) is 4.98 Å². The second-order valence-electron chi connectivity index (χ2n) is 4.03. The molecule has 0 aliphatic heterocycles. The minimum absolute atomic E-state index is 0.0569. The van der Waals surface area contributed by atoms with E-state index < -0.39 is 0 Å². The van der Waals surface area contributed by atoms with Crippen LogP contribution in [0.5, 0.6) is 0 Å². The number of hydrogen-bond acceptors (Lipinski definition) is 4. The van der Waals surface area contributed by atoms with E-state index in [1.54, 1.807) is 18.3 Å². The lowest BCUT2D eigenvalue weighted by atomic mass is 10.1. The maximum Gasteiger partial charge on any atom is 0.0992 e. The molecule has 0 saturated carbocycles. The van der Waals surface area contributed by atoms with Gasteiger partial charge in [0.15, 0.2) is 0 Å². The van der Waals surface area contributed by atoms with Crippen molar-refractivity contribution in [3.8, 4) is 6.07 Å². The smallest absolute Gasteiger partial charge is 0.0992 e. The number of anilines is 2. The van der Waals surface area contributed by atoms with E-state index in [-0.39, 0.29) is 6.04 Å². The first-order chi connectivity index (χ1) is 8.70. The van der Waals surface area contributed by atoms with Crippen LogP contribution >= 0.6 is 0 Å². The summed E-state index contributed by atoms with van der Waals surface area (Å²) in [6.45, 7) is 2.01. The molecule has 4 nitrogen and oxygen atoms in total. The van der Waals surface area contributed by atoms with E-state index >= 15 is 0 Å². The van der Waals surface area contributed by atoms with Crippen LogP contribution in [0.25, 0.3) is 0 Å². The molecule has 2 rings (SSSR count). The number of nitriles is 1. The maximum absolute atomic E-state index is 8.78. The first-order valence-corrected chi connectivity index (χ1v) is 5.68. The number of nitrogens with two attached hydrogens (primary N) is 1. The van der Waals surface area contributed by atoms with Crippen molar-refractivity contribution in [3.05, 3.63) is 53.9 Å². The van der Waals surface area contributed by atoms with Gasteiger partial charge in [-0.05, 0) is 37.3 Å². The fraction of sp³-hybridized carbons (Fsp3) is 0.143. The summed E-state index contributed by atoms with van der Waals surface area (Å²) in [7, 11) is 0. The van der Waals surface area contributed by atoms with Crippen LogP contribution in [0.2, 0.25) is 0 Å². The number of nitrogens with zero attached hydrogens (tertiary/aromatic N) is 2. The molecule has 0 amide bonds. The molecular formula is C14H14N4. The molecule has 1 aromatic heterocycles. The molecule has 0 spiro atoms. The largest absolute Gasteiger partial charge is 0.397 e. The van der Waals surface area contributed by atoms with Crippen LogP contribution in [-0.4, -0.2) is 4.98 Å². The quantitative estimate of drug-likeness (QED) is 0.806. The molecule has 1 unspecified atom stereocenters. The van der Waals surface area contributed by atoms with Crippen LogP contribution in [0, 0.1) is 11.3 Å². The zero-order valence-corrected chi connectivity index (χ0v) is 10.1. The van der Waals surface area contributed by atoms with E-state index in [1.165, 1.54) is 0 Å². The minimum atomic E-state index is 0.0569. The molecular weight excluding hydrogens is 224 g/mol. The third-order valence-corrected chi connectivity index (χ3v) is 2.68. The Labute approximate surface area is 106 Å². The second kappa shape index (κ2) is 5.19. The normalized spacial score (nSPS) is 11.6. The first-order valence-electron chi connectivity index (χ1n) is 5.68. The van der Waals surface area contributed by atoms with Crippen molar-refractivity contribution in [2.75, 3.05) is 11.1 Å². The lowest BCUT2D eigenvalue weighted by Crippen LogP contribution is -2.09. The molecule has 18 heavy (non-hydrogen) atoms. The summed E-state index contributed by atoms with van der Waals surface area (Å²) < 4.78 is 0. The standard InChI is InChI=1S/C14H14N4/c1-10(13-4-2-3-7-17-13)18-14-6-5-11(9-15)8-12(14)16/h2-8,10,18H,16H2,1H3. The number of nitrogens with one attached hydrogen (secondary N) is 1. The molecule has 90 valence electrons. The molecule has 0 fully saturated rings. The van der Waals surface area contributed by atoms with E-state index in [0.29, 0.717) is 11.3 Å². The molecule has 0 aliphatic rings. The van der Waals surface area contributed by atoms with Gasteiger partial charge < -0.3 is 11.1 Å². The Morgan fingerprint density at radius 3 is 2.78 bits per heavy atom. The first kappa shape index (κ1) is 11.9. The molecule has 0 radical (unpaired) electrons. The highest BCUT2D eigenvalue weighted by Gasteiger charge is 2.08. The van der Waals surface area contributed by atoms with Gasteiger partial charge in [0.2, 0.25) is 0 Å². The van der Waals surface area contributed by atoms with Gasteiger partial charge >= 0.3 is 0 Å². The number of nitrogen functional groups attached to an aromatic ring is 1. The molecule has 3 N–H and O–H groups in total. The van der Waals surface area contributed by atoms with Gasteiger partial charge in [0, 0.05) is 6.20 Å². The Morgan fingerprint density at radius 2 is 2.17 bits per heavy atom. The second-order valence-corrected chi connectivity index (χ2v) is 4.03. The van der Waals surface area contributed by atoms with E-state index in [1.807, 2.05) is 31.2 Å². The van der Waals surface area contributed by atoms with Gasteiger partial charge in [-0.25, -0.2) is 0 Å². The molecule has 1 atom stereocenters. The highest BCUT2D eigenvalue weighted by Crippen LogP contribution is 2.24. The van der Waals surface area contributed by atoms with Crippen molar-refractivity contribution in [3.63, 3.8) is 0 Å². The summed E-state index contributed by atoms with van der Waals surface area (Å²) in [4.78, 5) is 4.28. The van der Waals surface area contributed by atoms with E-state index in [4.69, 9.17) is 11.0 Å². The number of benzene rings is 1. The lowest BCUT2D eigenvalue weighted by Gasteiger charge is -2.16. The molecule has 0 bridgehead atoms. The summed E-state index contributed by atoms with van der Waals surface area (Å²) in [6, 6.07) is 13.1. The number of aromatic nitrogens is 1. The third-order valence-electron chi connectivity index (χ3n) is 2.68. The van der Waals surface area contributed by atoms with Crippen LogP contribution in [-0.2, 0) is 0 Å². The Bertz CT molecular complexity index is 572. The topological polar surface area (TPSA) is 74.7 Å². The molecule has 1 aromatic carbocycles. The van der Waals surface area contributed by atoms with Crippen LogP contribution in [0.3, 0.4) is 0 Å². The molecule has 4 heteroatoms. The Hall–Kier alpha value is -2.54. The van der Waals surface area contributed by atoms with Gasteiger partial charge in [-0.15, -0.1) is 0 Å². The highest BCUT2D eigenvalue weighted by molar-refractivity contribution is 5.68. The molecule has 1 heterocycles. The fourth-order valence-electron chi connectivity index (χ4n) is 1.70. The SMILES string of the molecule is CC(Nc1ccc(C#N)cc1N)c1ccccn1. The van der Waals surface area contributed by atoms with Gasteiger partial charge in [-0.2, -0.15) is 5.26 Å². The van der Waals surface area contributed by atoms with Crippen LogP contribution in [0.1, 0.15) is 24.2 Å². The van der Waals surface area contributed by atoms with Gasteiger partial charge in [0.25, 0.3) is 0 Å². The minimum Gasteiger partial charge on any atom is -0.397 e. The van der Waals surface area contributed by atoms with Gasteiger partial charge in [-0.1, -0.05) is 6.07 Å². The predicted octanol–water partition coefficient (Wildman–Crippen LogP) is 2.71. The monoisotopic (exact) mass is 238 g/mol.